The second-order valence-electron chi connectivity index (χ2n) is 12.3. The Morgan fingerprint density at radius 3 is 1.53 bits per heavy atom. The summed E-state index contributed by atoms with van der Waals surface area (Å²) >= 11 is 5.68. The number of alkyl halides is 1. The Morgan fingerprint density at radius 2 is 1.11 bits per heavy atom. The number of nitrogens with one attached hydrogen (secondary N) is 4. The van der Waals surface area contributed by atoms with Crippen molar-refractivity contribution in [2.75, 3.05) is 87.9 Å². The molecule has 18 nitrogen and oxygen atoms in total. The number of hydrogen-bond acceptors (Lipinski definition) is 14. The number of amidine groups is 2. The first-order valence-corrected chi connectivity index (χ1v) is 18.4. The SMILES string of the molecule is CCOC(=O)CN1CCN(C[C@H]2CN(c3ccc(C(=N)NC(=O)OCC)cc3)C(=O)O2)CC1.CCOC(=O)NC(=N)c1ccc(N2C[C@@H](CCl)OC2=O)cc1. The molecule has 3 aliphatic rings. The average molecular weight is 787 g/mol. The number of piperazine rings is 1. The number of anilines is 2. The monoisotopic (exact) mass is 786 g/mol. The van der Waals surface area contributed by atoms with Crippen molar-refractivity contribution in [2.45, 2.75) is 33.0 Å². The van der Waals surface area contributed by atoms with Gasteiger partial charge in [-0.05, 0) is 69.3 Å². The van der Waals surface area contributed by atoms with Crippen LogP contribution in [0.3, 0.4) is 0 Å². The summed E-state index contributed by atoms with van der Waals surface area (Å²) in [5, 5.41) is 20.4. The first-order valence-electron chi connectivity index (χ1n) is 17.8. The average Bonchev–Trinajstić information content (AvgIpc) is 3.73. The van der Waals surface area contributed by atoms with Gasteiger partial charge in [0.2, 0.25) is 0 Å². The van der Waals surface area contributed by atoms with Crippen LogP contribution in [0.15, 0.2) is 48.5 Å². The van der Waals surface area contributed by atoms with Crippen molar-refractivity contribution in [2.24, 2.45) is 0 Å². The van der Waals surface area contributed by atoms with E-state index in [1.807, 2.05) is 0 Å². The van der Waals surface area contributed by atoms with Gasteiger partial charge in [-0.1, -0.05) is 0 Å². The number of rotatable bonds is 12. The topological polar surface area (TPSA) is 216 Å². The molecule has 0 radical (unpaired) electrons. The molecule has 298 valence electrons. The molecular formula is C36H47ClN8O10. The number of carbonyl (C=O) groups excluding carboxylic acids is 5. The molecule has 19 heteroatoms. The first-order chi connectivity index (χ1) is 26.4. The summed E-state index contributed by atoms with van der Waals surface area (Å²) < 4.78 is 25.1. The number of carbonyl (C=O) groups is 5. The molecule has 0 aromatic heterocycles. The molecule has 55 heavy (non-hydrogen) atoms. The molecule has 3 heterocycles. The molecule has 3 fully saturated rings. The first kappa shape index (κ1) is 42.3. The van der Waals surface area contributed by atoms with E-state index < -0.39 is 24.4 Å². The predicted octanol–water partition coefficient (Wildman–Crippen LogP) is 3.59. The molecule has 4 amide bonds. The summed E-state index contributed by atoms with van der Waals surface area (Å²) in [6, 6.07) is 13.4. The van der Waals surface area contributed by atoms with E-state index >= 15 is 0 Å². The highest BCUT2D eigenvalue weighted by molar-refractivity contribution is 6.18. The Bertz CT molecular complexity index is 1670. The maximum Gasteiger partial charge on any atom is 0.414 e. The number of hydrogen-bond donors (Lipinski definition) is 4. The summed E-state index contributed by atoms with van der Waals surface area (Å²) in [6.45, 7) is 10.9. The minimum atomic E-state index is -0.681. The van der Waals surface area contributed by atoms with Crippen LogP contribution < -0.4 is 20.4 Å². The van der Waals surface area contributed by atoms with E-state index in [4.69, 9.17) is 46.1 Å². The van der Waals surface area contributed by atoms with Gasteiger partial charge in [-0.3, -0.25) is 45.8 Å². The Labute approximate surface area is 323 Å². The van der Waals surface area contributed by atoms with Gasteiger partial charge in [0, 0.05) is 55.2 Å². The van der Waals surface area contributed by atoms with Crippen LogP contribution in [0, 0.1) is 10.8 Å². The number of nitrogens with zero attached hydrogens (tertiary/aromatic N) is 4. The minimum Gasteiger partial charge on any atom is -0.465 e. The molecule has 0 unspecified atom stereocenters. The van der Waals surface area contributed by atoms with Crippen LogP contribution in [0.5, 0.6) is 0 Å². The lowest BCUT2D eigenvalue weighted by molar-refractivity contribution is -0.144. The normalized spacial score (nSPS) is 18.3. The minimum absolute atomic E-state index is 0.0763. The Kier molecular flexibility index (Phi) is 16.0. The molecule has 3 saturated heterocycles. The van der Waals surface area contributed by atoms with Crippen molar-refractivity contribution < 1.29 is 47.7 Å². The molecule has 2 aromatic carbocycles. The van der Waals surface area contributed by atoms with Crippen molar-refractivity contribution in [1.82, 2.24) is 20.4 Å². The third-order valence-electron chi connectivity index (χ3n) is 8.45. The van der Waals surface area contributed by atoms with Gasteiger partial charge in [-0.2, -0.15) is 0 Å². The zero-order chi connectivity index (χ0) is 39.9. The predicted molar refractivity (Wildman–Crippen MR) is 202 cm³/mol. The van der Waals surface area contributed by atoms with Gasteiger partial charge in [-0.25, -0.2) is 19.2 Å². The molecule has 3 aliphatic heterocycles. The molecule has 5 rings (SSSR count). The lowest BCUT2D eigenvalue weighted by Crippen LogP contribution is -2.50. The Balaban J connectivity index is 0.000000265. The smallest absolute Gasteiger partial charge is 0.414 e. The second kappa shape index (κ2) is 20.8. The van der Waals surface area contributed by atoms with Crippen molar-refractivity contribution in [3.05, 3.63) is 59.7 Å². The fourth-order valence-electron chi connectivity index (χ4n) is 5.75. The number of amides is 4. The van der Waals surface area contributed by atoms with Gasteiger partial charge in [0.1, 0.15) is 23.9 Å². The van der Waals surface area contributed by atoms with Crippen molar-refractivity contribution in [1.29, 1.82) is 10.8 Å². The summed E-state index contributed by atoms with van der Waals surface area (Å²) in [5.74, 6) is -0.116. The third-order valence-corrected chi connectivity index (χ3v) is 8.79. The fourth-order valence-corrected chi connectivity index (χ4v) is 5.91. The highest BCUT2D eigenvalue weighted by atomic mass is 35.5. The number of ether oxygens (including phenoxy) is 5. The molecule has 0 aliphatic carbocycles. The van der Waals surface area contributed by atoms with Gasteiger partial charge >= 0.3 is 30.3 Å². The Morgan fingerprint density at radius 1 is 0.691 bits per heavy atom. The van der Waals surface area contributed by atoms with E-state index in [0.717, 1.165) is 26.2 Å². The van der Waals surface area contributed by atoms with Crippen LogP contribution in [-0.2, 0) is 28.5 Å². The van der Waals surface area contributed by atoms with Gasteiger partial charge in [0.15, 0.2) is 0 Å². The van der Waals surface area contributed by atoms with E-state index in [1.165, 1.54) is 4.90 Å². The highest BCUT2D eigenvalue weighted by Gasteiger charge is 2.34. The maximum atomic E-state index is 12.4. The lowest BCUT2D eigenvalue weighted by Gasteiger charge is -2.34. The van der Waals surface area contributed by atoms with Crippen LogP contribution in [0.25, 0.3) is 0 Å². The molecule has 0 saturated carbocycles. The van der Waals surface area contributed by atoms with Gasteiger partial charge in [-0.15, -0.1) is 11.6 Å². The van der Waals surface area contributed by atoms with E-state index in [0.29, 0.717) is 55.3 Å². The van der Waals surface area contributed by atoms with E-state index in [9.17, 15) is 24.0 Å². The molecule has 2 atom stereocenters. The van der Waals surface area contributed by atoms with Gasteiger partial charge < -0.3 is 23.7 Å². The summed E-state index contributed by atoms with van der Waals surface area (Å²) in [5.41, 5.74) is 2.30. The molecular weight excluding hydrogens is 740 g/mol. The fraction of sp³-hybridized carbons (Fsp3) is 0.472. The van der Waals surface area contributed by atoms with Gasteiger partial charge in [0.25, 0.3) is 0 Å². The largest absolute Gasteiger partial charge is 0.465 e. The standard InChI is InChI=1S/C22H31N5O6.C14H16ClN3O4/c1-3-31-19(28)15-26-11-9-25(10-12-26)13-18-14-27(22(30)33-18)17-7-5-16(6-8-17)20(23)24-21(29)32-4-2;1-2-21-13(19)17-12(16)9-3-5-10(6-4-9)18-8-11(7-15)22-14(18)20/h5-8,18H,3-4,9-15H2,1-2H3,(H2,23,24,29);3-6,11H,2,7-8H2,1H3,(H2,16,17,19)/t18-;11-/m01/s1. The summed E-state index contributed by atoms with van der Waals surface area (Å²) in [6.07, 6.45) is -2.79. The van der Waals surface area contributed by atoms with Crippen LogP contribution in [0.2, 0.25) is 0 Å². The van der Waals surface area contributed by atoms with E-state index in [-0.39, 0.29) is 48.9 Å². The number of benzene rings is 2. The zero-order valence-corrected chi connectivity index (χ0v) is 31.8. The Hall–Kier alpha value is -5.46. The quantitative estimate of drug-likeness (QED) is 0.0799. The second-order valence-corrected chi connectivity index (χ2v) is 12.6. The van der Waals surface area contributed by atoms with Crippen molar-refractivity contribution in [3.8, 4) is 0 Å². The van der Waals surface area contributed by atoms with Crippen molar-refractivity contribution in [3.63, 3.8) is 0 Å². The summed E-state index contributed by atoms with van der Waals surface area (Å²) in [7, 11) is 0. The van der Waals surface area contributed by atoms with Crippen molar-refractivity contribution >= 4 is 65.0 Å². The number of halogens is 1. The van der Waals surface area contributed by atoms with Crippen LogP contribution in [0.1, 0.15) is 31.9 Å². The number of cyclic esters (lactones) is 2. The molecule has 2 aromatic rings. The van der Waals surface area contributed by atoms with E-state index in [2.05, 4.69) is 20.4 Å². The van der Waals surface area contributed by atoms with Crippen LogP contribution >= 0.6 is 11.6 Å². The maximum absolute atomic E-state index is 12.4. The molecule has 4 N–H and O–H groups in total. The van der Waals surface area contributed by atoms with Crippen LogP contribution in [0.4, 0.5) is 30.6 Å². The molecule has 0 bridgehead atoms. The number of alkyl carbamates (subject to hydrolysis) is 2. The van der Waals surface area contributed by atoms with Crippen LogP contribution in [-0.4, -0.2) is 142 Å². The van der Waals surface area contributed by atoms with E-state index in [1.54, 1.807) is 74.2 Å². The molecule has 0 spiro atoms. The third kappa shape index (κ3) is 12.5. The number of esters is 1. The lowest BCUT2D eigenvalue weighted by atomic mass is 10.1. The highest BCUT2D eigenvalue weighted by Crippen LogP contribution is 2.24. The summed E-state index contributed by atoms with van der Waals surface area (Å²) in [4.78, 5) is 65.8. The zero-order valence-electron chi connectivity index (χ0n) is 31.0. The van der Waals surface area contributed by atoms with Gasteiger partial charge in [0.05, 0.1) is 45.3 Å².